The van der Waals surface area contributed by atoms with Gasteiger partial charge in [-0.25, -0.2) is 4.98 Å². The number of imidazole rings is 1. The maximum Gasteiger partial charge on any atom is 0.233 e. The summed E-state index contributed by atoms with van der Waals surface area (Å²) in [7, 11) is 0. The predicted molar refractivity (Wildman–Crippen MR) is 130 cm³/mol. The topological polar surface area (TPSA) is 59.8 Å². The van der Waals surface area contributed by atoms with Crippen molar-refractivity contribution in [2.45, 2.75) is 18.6 Å². The molecule has 2 aromatic carbocycles. The Morgan fingerprint density at radius 2 is 1.76 bits per heavy atom. The number of hydrogen-bond donors (Lipinski definition) is 0. The number of fused-ring (bicyclic) bond motifs is 1. The van der Waals surface area contributed by atoms with E-state index in [-0.39, 0.29) is 5.91 Å². The van der Waals surface area contributed by atoms with Crippen LogP contribution in [0.1, 0.15) is 6.92 Å². The fourth-order valence-electron chi connectivity index (χ4n) is 4.28. The zero-order valence-corrected chi connectivity index (χ0v) is 19.6. The van der Waals surface area contributed by atoms with Crippen LogP contribution in [0.15, 0.2) is 59.9 Å². The fourth-order valence-corrected chi connectivity index (χ4v) is 5.23. The first-order chi connectivity index (χ1) is 16.2. The third-order valence-corrected chi connectivity index (χ3v) is 7.03. The lowest BCUT2D eigenvalue weighted by Crippen LogP contribution is -2.49. The van der Waals surface area contributed by atoms with Crippen LogP contribution in [0, 0.1) is 0 Å². The normalized spacial score (nSPS) is 15.5. The van der Waals surface area contributed by atoms with Crippen LogP contribution in [0.4, 0.5) is 5.69 Å². The van der Waals surface area contributed by atoms with Gasteiger partial charge in [0.1, 0.15) is 13.2 Å². The summed E-state index contributed by atoms with van der Waals surface area (Å²) in [5.41, 5.74) is 3.26. The average Bonchev–Trinajstić information content (AvgIpc) is 3.30. The van der Waals surface area contributed by atoms with Crippen molar-refractivity contribution in [2.75, 3.05) is 50.0 Å². The molecule has 3 aromatic rings. The number of carbonyl (C=O) groups is 1. The van der Waals surface area contributed by atoms with Crippen LogP contribution in [-0.4, -0.2) is 65.5 Å². The summed E-state index contributed by atoms with van der Waals surface area (Å²) in [5.74, 6) is 2.10. The molecule has 172 valence electrons. The van der Waals surface area contributed by atoms with Gasteiger partial charge in [-0.15, -0.1) is 0 Å². The number of nitrogens with zero attached hydrogens (tertiary/aromatic N) is 4. The van der Waals surface area contributed by atoms with E-state index in [0.29, 0.717) is 19.0 Å². The maximum atomic E-state index is 12.9. The van der Waals surface area contributed by atoms with Crippen LogP contribution >= 0.6 is 11.8 Å². The van der Waals surface area contributed by atoms with Crippen molar-refractivity contribution in [3.8, 4) is 22.8 Å². The molecule has 0 N–H and O–H groups in total. The van der Waals surface area contributed by atoms with Crippen molar-refractivity contribution in [3.63, 3.8) is 0 Å². The van der Waals surface area contributed by atoms with E-state index in [9.17, 15) is 4.79 Å². The van der Waals surface area contributed by atoms with Crippen LogP contribution in [0.3, 0.4) is 0 Å². The van der Waals surface area contributed by atoms with Crippen molar-refractivity contribution in [1.82, 2.24) is 14.5 Å². The lowest BCUT2D eigenvalue weighted by Gasteiger charge is -2.36. The first-order valence-corrected chi connectivity index (χ1v) is 12.4. The minimum atomic E-state index is 0.166. The number of benzene rings is 2. The van der Waals surface area contributed by atoms with E-state index >= 15 is 0 Å². The highest BCUT2D eigenvalue weighted by Crippen LogP contribution is 2.35. The van der Waals surface area contributed by atoms with Crippen molar-refractivity contribution < 1.29 is 14.3 Å². The van der Waals surface area contributed by atoms with E-state index in [4.69, 9.17) is 9.47 Å². The average molecular weight is 465 g/mol. The standard InChI is InChI=1S/C25H28N4O3S/c1-2-29-21(19-8-9-22-23(16-19)32-15-14-31-22)17-26-25(29)33-18-24(30)28-12-10-27(11-13-28)20-6-4-3-5-7-20/h3-9,16-17H,2,10-15,18H2,1H3. The van der Waals surface area contributed by atoms with E-state index in [0.717, 1.165) is 60.6 Å². The lowest BCUT2D eigenvalue weighted by atomic mass is 10.1. The van der Waals surface area contributed by atoms with Gasteiger partial charge in [0.2, 0.25) is 5.91 Å². The largest absolute Gasteiger partial charge is 0.486 e. The molecule has 1 amide bonds. The molecule has 5 rings (SSSR count). The van der Waals surface area contributed by atoms with Crippen LogP contribution in [-0.2, 0) is 11.3 Å². The second-order valence-corrected chi connectivity index (χ2v) is 8.96. The molecule has 8 heteroatoms. The molecule has 0 radical (unpaired) electrons. The molecule has 0 atom stereocenters. The van der Waals surface area contributed by atoms with Crippen LogP contribution in [0.2, 0.25) is 0 Å². The number of para-hydroxylation sites is 1. The van der Waals surface area contributed by atoms with Crippen LogP contribution in [0.5, 0.6) is 11.5 Å². The van der Waals surface area contributed by atoms with Gasteiger partial charge in [0.25, 0.3) is 0 Å². The Bertz CT molecular complexity index is 1110. The Balaban J connectivity index is 1.21. The maximum absolute atomic E-state index is 12.9. The van der Waals surface area contributed by atoms with E-state index in [1.807, 2.05) is 35.4 Å². The van der Waals surface area contributed by atoms with E-state index < -0.39 is 0 Å². The summed E-state index contributed by atoms with van der Waals surface area (Å²) in [4.78, 5) is 21.8. The summed E-state index contributed by atoms with van der Waals surface area (Å²) in [6, 6.07) is 16.4. The number of hydrogen-bond acceptors (Lipinski definition) is 6. The SMILES string of the molecule is CCn1c(-c2ccc3c(c2)OCCO3)cnc1SCC(=O)N1CCN(c2ccccc2)CC1. The number of piperazine rings is 1. The molecule has 0 unspecified atom stereocenters. The van der Waals surface area contributed by atoms with Crippen LogP contribution < -0.4 is 14.4 Å². The van der Waals surface area contributed by atoms with E-state index in [2.05, 4.69) is 45.6 Å². The molecule has 7 nitrogen and oxygen atoms in total. The van der Waals surface area contributed by atoms with Gasteiger partial charge in [0.05, 0.1) is 17.6 Å². The highest BCUT2D eigenvalue weighted by atomic mass is 32.2. The Morgan fingerprint density at radius 3 is 2.52 bits per heavy atom. The van der Waals surface area contributed by atoms with Gasteiger partial charge in [0, 0.05) is 44.0 Å². The van der Waals surface area contributed by atoms with Gasteiger partial charge >= 0.3 is 0 Å². The Morgan fingerprint density at radius 1 is 1.00 bits per heavy atom. The molecule has 0 bridgehead atoms. The number of aromatic nitrogens is 2. The molecule has 33 heavy (non-hydrogen) atoms. The van der Waals surface area contributed by atoms with Gasteiger partial charge in [-0.2, -0.15) is 0 Å². The lowest BCUT2D eigenvalue weighted by molar-refractivity contribution is -0.128. The summed E-state index contributed by atoms with van der Waals surface area (Å²) >= 11 is 1.51. The number of anilines is 1. The van der Waals surface area contributed by atoms with E-state index in [1.54, 1.807) is 0 Å². The highest BCUT2D eigenvalue weighted by molar-refractivity contribution is 7.99. The second-order valence-electron chi connectivity index (χ2n) is 8.02. The van der Waals surface area contributed by atoms with Crippen molar-refractivity contribution in [3.05, 3.63) is 54.7 Å². The Kier molecular flexibility index (Phi) is 6.44. The molecule has 0 spiro atoms. The summed E-state index contributed by atoms with van der Waals surface area (Å²) in [5, 5.41) is 0.860. The Labute approximate surface area is 198 Å². The second kappa shape index (κ2) is 9.79. The molecule has 1 aromatic heterocycles. The van der Waals surface area contributed by atoms with Crippen molar-refractivity contribution >= 4 is 23.4 Å². The van der Waals surface area contributed by atoms with Gasteiger partial charge in [-0.05, 0) is 37.3 Å². The minimum Gasteiger partial charge on any atom is -0.486 e. The zero-order chi connectivity index (χ0) is 22.6. The number of amides is 1. The molecular weight excluding hydrogens is 436 g/mol. The van der Waals surface area contributed by atoms with Crippen LogP contribution in [0.25, 0.3) is 11.3 Å². The highest BCUT2D eigenvalue weighted by Gasteiger charge is 2.22. The van der Waals surface area contributed by atoms with Crippen molar-refractivity contribution in [1.29, 1.82) is 0 Å². The quantitative estimate of drug-likeness (QED) is 0.518. The summed E-state index contributed by atoms with van der Waals surface area (Å²) < 4.78 is 13.5. The zero-order valence-electron chi connectivity index (χ0n) is 18.8. The van der Waals surface area contributed by atoms with Gasteiger partial charge in [-0.1, -0.05) is 30.0 Å². The molecule has 2 aliphatic heterocycles. The molecule has 0 saturated carbocycles. The van der Waals surface area contributed by atoms with Crippen molar-refractivity contribution in [2.24, 2.45) is 0 Å². The molecule has 3 heterocycles. The number of thioether (sulfide) groups is 1. The minimum absolute atomic E-state index is 0.166. The number of ether oxygens (including phenoxy) is 2. The molecule has 2 aliphatic rings. The smallest absolute Gasteiger partial charge is 0.233 e. The first kappa shape index (κ1) is 21.7. The van der Waals surface area contributed by atoms with Gasteiger partial charge in [0.15, 0.2) is 16.7 Å². The number of rotatable bonds is 6. The summed E-state index contributed by atoms with van der Waals surface area (Å²) in [6.45, 7) is 7.23. The van der Waals surface area contributed by atoms with Gasteiger partial charge in [-0.3, -0.25) is 4.79 Å². The molecule has 1 saturated heterocycles. The monoisotopic (exact) mass is 464 g/mol. The summed E-state index contributed by atoms with van der Waals surface area (Å²) in [6.07, 6.45) is 1.88. The first-order valence-electron chi connectivity index (χ1n) is 11.4. The fraction of sp³-hybridized carbons (Fsp3) is 0.360. The molecule has 1 fully saturated rings. The third kappa shape index (κ3) is 4.66. The molecule has 0 aliphatic carbocycles. The Hall–Kier alpha value is -3.13. The third-order valence-electron chi connectivity index (χ3n) is 6.05. The van der Waals surface area contributed by atoms with Gasteiger partial charge < -0.3 is 23.8 Å². The molecular formula is C25H28N4O3S. The number of carbonyl (C=O) groups excluding carboxylic acids is 1. The predicted octanol–water partition coefficient (Wildman–Crippen LogP) is 3.78. The van der Waals surface area contributed by atoms with E-state index in [1.165, 1.54) is 17.4 Å².